The maximum Gasteiger partial charge on any atom is 0.0589 e. The van der Waals surface area contributed by atoms with Crippen molar-refractivity contribution in [2.75, 3.05) is 7.05 Å². The molecule has 1 N–H and O–H groups in total. The Hall–Kier alpha value is -1.09. The van der Waals surface area contributed by atoms with Crippen LogP contribution in [0.3, 0.4) is 0 Å². The van der Waals surface area contributed by atoms with Crippen molar-refractivity contribution in [2.24, 2.45) is 0 Å². The number of halogens is 2. The molecule has 0 spiro atoms. The van der Waals surface area contributed by atoms with Gasteiger partial charge in [-0.15, -0.1) is 0 Å². The van der Waals surface area contributed by atoms with Crippen molar-refractivity contribution in [3.8, 4) is 0 Å². The second-order valence-electron chi connectivity index (χ2n) is 4.04. The van der Waals surface area contributed by atoms with E-state index < -0.39 is 0 Å². The zero-order valence-corrected chi connectivity index (χ0v) is 11.5. The molecule has 0 saturated heterocycles. The van der Waals surface area contributed by atoms with Gasteiger partial charge in [0.2, 0.25) is 0 Å². The van der Waals surface area contributed by atoms with Gasteiger partial charge in [-0.3, -0.25) is 4.98 Å². The predicted octanol–water partition coefficient (Wildman–Crippen LogP) is 3.89. The van der Waals surface area contributed by atoms with Crippen LogP contribution in [-0.4, -0.2) is 12.0 Å². The van der Waals surface area contributed by atoms with Gasteiger partial charge in [-0.1, -0.05) is 41.4 Å². The van der Waals surface area contributed by atoms with Gasteiger partial charge >= 0.3 is 0 Å². The average molecular weight is 281 g/mol. The summed E-state index contributed by atoms with van der Waals surface area (Å²) in [5, 5.41) is 4.68. The van der Waals surface area contributed by atoms with Crippen LogP contribution in [0.25, 0.3) is 0 Å². The van der Waals surface area contributed by atoms with Crippen LogP contribution in [0.5, 0.6) is 0 Å². The van der Waals surface area contributed by atoms with E-state index in [-0.39, 0.29) is 6.04 Å². The van der Waals surface area contributed by atoms with Crippen LogP contribution in [-0.2, 0) is 6.42 Å². The van der Waals surface area contributed by atoms with Crippen molar-refractivity contribution >= 4 is 23.2 Å². The first-order valence-electron chi connectivity index (χ1n) is 5.73. The van der Waals surface area contributed by atoms with Crippen LogP contribution in [0.15, 0.2) is 42.6 Å². The number of benzene rings is 1. The SMILES string of the molecule is CNC(Cc1ccccc1Cl)c1ccc(Cl)cn1. The van der Waals surface area contributed by atoms with Crippen LogP contribution in [0, 0.1) is 0 Å². The summed E-state index contributed by atoms with van der Waals surface area (Å²) in [5.74, 6) is 0. The third kappa shape index (κ3) is 3.22. The number of likely N-dealkylation sites (N-methyl/N-ethyl adjacent to an activating group) is 1. The van der Waals surface area contributed by atoms with Gasteiger partial charge in [0.1, 0.15) is 0 Å². The van der Waals surface area contributed by atoms with E-state index in [1.54, 1.807) is 6.20 Å². The molecule has 18 heavy (non-hydrogen) atoms. The Morgan fingerprint density at radius 1 is 1.17 bits per heavy atom. The smallest absolute Gasteiger partial charge is 0.0589 e. The number of aromatic nitrogens is 1. The van der Waals surface area contributed by atoms with Crippen molar-refractivity contribution in [3.05, 3.63) is 63.9 Å². The van der Waals surface area contributed by atoms with Crippen LogP contribution < -0.4 is 5.32 Å². The van der Waals surface area contributed by atoms with E-state index in [4.69, 9.17) is 23.2 Å². The molecule has 2 nitrogen and oxygen atoms in total. The van der Waals surface area contributed by atoms with Crippen LogP contribution in [0.2, 0.25) is 10.0 Å². The lowest BCUT2D eigenvalue weighted by molar-refractivity contribution is 0.576. The first-order chi connectivity index (χ1) is 8.70. The molecule has 2 aromatic rings. The molecule has 0 aliphatic rings. The molecule has 0 aliphatic carbocycles. The van der Waals surface area contributed by atoms with Gasteiger partial charge in [-0.25, -0.2) is 0 Å². The summed E-state index contributed by atoms with van der Waals surface area (Å²) in [6.07, 6.45) is 2.46. The average Bonchev–Trinajstić information content (AvgIpc) is 2.39. The van der Waals surface area contributed by atoms with E-state index in [0.717, 1.165) is 22.7 Å². The monoisotopic (exact) mass is 280 g/mol. The van der Waals surface area contributed by atoms with Gasteiger partial charge in [0.05, 0.1) is 16.8 Å². The molecular weight excluding hydrogens is 267 g/mol. The third-order valence-electron chi connectivity index (χ3n) is 2.84. The van der Waals surface area contributed by atoms with Crippen LogP contribution in [0.1, 0.15) is 17.3 Å². The van der Waals surface area contributed by atoms with Crippen molar-refractivity contribution < 1.29 is 0 Å². The minimum atomic E-state index is 0.127. The van der Waals surface area contributed by atoms with Gasteiger partial charge in [0, 0.05) is 11.2 Å². The Morgan fingerprint density at radius 3 is 2.56 bits per heavy atom. The minimum Gasteiger partial charge on any atom is -0.311 e. The first-order valence-corrected chi connectivity index (χ1v) is 6.48. The maximum absolute atomic E-state index is 6.17. The van der Waals surface area contributed by atoms with Gasteiger partial charge in [0.15, 0.2) is 0 Å². The molecular formula is C14H14Cl2N2. The second-order valence-corrected chi connectivity index (χ2v) is 4.88. The maximum atomic E-state index is 6.17. The summed E-state index contributed by atoms with van der Waals surface area (Å²) in [7, 11) is 1.91. The van der Waals surface area contributed by atoms with Gasteiger partial charge in [0.25, 0.3) is 0 Å². The first kappa shape index (κ1) is 13.3. The number of rotatable bonds is 4. The van der Waals surface area contributed by atoms with Gasteiger partial charge in [-0.05, 0) is 37.2 Å². The summed E-state index contributed by atoms with van der Waals surface area (Å²) in [5.41, 5.74) is 2.07. The van der Waals surface area contributed by atoms with Gasteiger partial charge < -0.3 is 5.32 Å². The predicted molar refractivity (Wildman–Crippen MR) is 76.2 cm³/mol. The Morgan fingerprint density at radius 2 is 1.94 bits per heavy atom. The highest BCUT2D eigenvalue weighted by atomic mass is 35.5. The van der Waals surface area contributed by atoms with E-state index in [2.05, 4.69) is 10.3 Å². The topological polar surface area (TPSA) is 24.9 Å². The minimum absolute atomic E-state index is 0.127. The molecule has 0 fully saturated rings. The molecule has 1 unspecified atom stereocenters. The second kappa shape index (κ2) is 6.19. The summed E-state index contributed by atoms with van der Waals surface area (Å²) >= 11 is 12.0. The summed E-state index contributed by atoms with van der Waals surface area (Å²) in [4.78, 5) is 4.34. The molecule has 0 radical (unpaired) electrons. The summed E-state index contributed by atoms with van der Waals surface area (Å²) in [6.45, 7) is 0. The molecule has 0 bridgehead atoms. The lowest BCUT2D eigenvalue weighted by Gasteiger charge is -2.16. The molecule has 4 heteroatoms. The quantitative estimate of drug-likeness (QED) is 0.919. The fourth-order valence-corrected chi connectivity index (χ4v) is 2.16. The highest BCUT2D eigenvalue weighted by molar-refractivity contribution is 6.31. The molecule has 94 valence electrons. The van der Waals surface area contributed by atoms with Gasteiger partial charge in [-0.2, -0.15) is 0 Å². The van der Waals surface area contributed by atoms with E-state index in [0.29, 0.717) is 5.02 Å². The number of pyridine rings is 1. The van der Waals surface area contributed by atoms with Crippen molar-refractivity contribution in [3.63, 3.8) is 0 Å². The molecule has 0 saturated carbocycles. The highest BCUT2D eigenvalue weighted by Crippen LogP contribution is 2.22. The lowest BCUT2D eigenvalue weighted by atomic mass is 10.0. The molecule has 1 atom stereocenters. The normalized spacial score (nSPS) is 12.4. The standard InChI is InChI=1S/C14H14Cl2N2/c1-17-14(13-7-6-11(15)9-18-13)8-10-4-2-3-5-12(10)16/h2-7,9,14,17H,8H2,1H3. The van der Waals surface area contributed by atoms with E-state index in [1.165, 1.54) is 0 Å². The Labute approximate surface area is 117 Å². The Bertz CT molecular complexity index is 511. The fraction of sp³-hybridized carbons (Fsp3) is 0.214. The number of hydrogen-bond acceptors (Lipinski definition) is 2. The lowest BCUT2D eigenvalue weighted by Crippen LogP contribution is -2.20. The van der Waals surface area contributed by atoms with Crippen LogP contribution >= 0.6 is 23.2 Å². The molecule has 0 amide bonds. The molecule has 1 aromatic carbocycles. The number of nitrogens with one attached hydrogen (secondary N) is 1. The van der Waals surface area contributed by atoms with E-state index in [9.17, 15) is 0 Å². The zero-order chi connectivity index (χ0) is 13.0. The largest absolute Gasteiger partial charge is 0.311 e. The van der Waals surface area contributed by atoms with Crippen molar-refractivity contribution in [2.45, 2.75) is 12.5 Å². The highest BCUT2D eigenvalue weighted by Gasteiger charge is 2.12. The molecule has 1 heterocycles. The van der Waals surface area contributed by atoms with E-state index >= 15 is 0 Å². The van der Waals surface area contributed by atoms with Crippen molar-refractivity contribution in [1.29, 1.82) is 0 Å². The molecule has 1 aromatic heterocycles. The van der Waals surface area contributed by atoms with Crippen LogP contribution in [0.4, 0.5) is 0 Å². The zero-order valence-electron chi connectivity index (χ0n) is 10.0. The molecule has 0 aliphatic heterocycles. The fourth-order valence-electron chi connectivity index (χ4n) is 1.83. The number of nitrogens with zero attached hydrogens (tertiary/aromatic N) is 1. The Balaban J connectivity index is 2.20. The Kier molecular flexibility index (Phi) is 4.59. The number of hydrogen-bond donors (Lipinski definition) is 1. The third-order valence-corrected chi connectivity index (χ3v) is 3.43. The summed E-state index contributed by atoms with van der Waals surface area (Å²) < 4.78 is 0. The summed E-state index contributed by atoms with van der Waals surface area (Å²) in [6, 6.07) is 11.8. The van der Waals surface area contributed by atoms with E-state index in [1.807, 2.05) is 43.4 Å². The molecule has 2 rings (SSSR count). The van der Waals surface area contributed by atoms with Crippen molar-refractivity contribution in [1.82, 2.24) is 10.3 Å².